The van der Waals surface area contributed by atoms with Crippen LogP contribution in [0.25, 0.3) is 0 Å². The Bertz CT molecular complexity index is 584. The molecule has 5 nitrogen and oxygen atoms in total. The maximum atomic E-state index is 11.7. The molecule has 1 fully saturated rings. The second kappa shape index (κ2) is 7.22. The lowest BCUT2D eigenvalue weighted by Gasteiger charge is -2.12. The minimum Gasteiger partial charge on any atom is -0.483 e. The van der Waals surface area contributed by atoms with Gasteiger partial charge in [-0.05, 0) is 43.5 Å². The SMILES string of the molecule is Cc1cc(Cl)ccc1OCC(=O)N/N=C1\CCCC(=O)C1. The molecule has 0 saturated heterocycles. The molecule has 1 aliphatic rings. The van der Waals surface area contributed by atoms with Crippen LogP contribution in [0.15, 0.2) is 23.3 Å². The van der Waals surface area contributed by atoms with Crippen molar-refractivity contribution in [3.05, 3.63) is 28.8 Å². The van der Waals surface area contributed by atoms with E-state index >= 15 is 0 Å². The van der Waals surface area contributed by atoms with Gasteiger partial charge < -0.3 is 4.74 Å². The second-order valence-corrected chi connectivity index (χ2v) is 5.42. The van der Waals surface area contributed by atoms with E-state index in [4.69, 9.17) is 16.3 Å². The van der Waals surface area contributed by atoms with Crippen LogP contribution < -0.4 is 10.2 Å². The number of carbonyl (C=O) groups is 2. The molecule has 1 saturated carbocycles. The number of ether oxygens (including phenoxy) is 1. The number of amides is 1. The van der Waals surface area contributed by atoms with Crippen LogP contribution in [0.4, 0.5) is 0 Å². The van der Waals surface area contributed by atoms with E-state index < -0.39 is 0 Å². The first-order valence-electron chi connectivity index (χ1n) is 6.79. The molecule has 21 heavy (non-hydrogen) atoms. The van der Waals surface area contributed by atoms with Gasteiger partial charge in [-0.25, -0.2) is 5.43 Å². The molecule has 0 unspecified atom stereocenters. The zero-order valence-corrected chi connectivity index (χ0v) is 12.6. The normalized spacial score (nSPS) is 16.9. The zero-order valence-electron chi connectivity index (χ0n) is 11.8. The fourth-order valence-electron chi connectivity index (χ4n) is 2.08. The van der Waals surface area contributed by atoms with E-state index in [-0.39, 0.29) is 18.3 Å². The molecule has 0 bridgehead atoms. The predicted octanol–water partition coefficient (Wildman–Crippen LogP) is 2.64. The molecule has 112 valence electrons. The molecule has 1 amide bonds. The van der Waals surface area contributed by atoms with Gasteiger partial charge in [0.2, 0.25) is 0 Å². The van der Waals surface area contributed by atoms with Gasteiger partial charge in [0, 0.05) is 23.6 Å². The number of hydrogen-bond donors (Lipinski definition) is 1. The highest BCUT2D eigenvalue weighted by Crippen LogP contribution is 2.21. The third kappa shape index (κ3) is 4.86. The number of nitrogens with one attached hydrogen (secondary N) is 1. The van der Waals surface area contributed by atoms with Crippen LogP contribution in [0, 0.1) is 6.92 Å². The molecule has 0 spiro atoms. The van der Waals surface area contributed by atoms with Gasteiger partial charge in [-0.15, -0.1) is 0 Å². The topological polar surface area (TPSA) is 67.8 Å². The van der Waals surface area contributed by atoms with Crippen molar-refractivity contribution in [3.8, 4) is 5.75 Å². The lowest BCUT2D eigenvalue weighted by atomic mass is 9.97. The summed E-state index contributed by atoms with van der Waals surface area (Å²) in [5, 5.41) is 4.60. The number of hydrazone groups is 1. The summed E-state index contributed by atoms with van der Waals surface area (Å²) in [4.78, 5) is 22.9. The van der Waals surface area contributed by atoms with Crippen LogP contribution in [0.3, 0.4) is 0 Å². The number of benzene rings is 1. The highest BCUT2D eigenvalue weighted by atomic mass is 35.5. The first-order chi connectivity index (χ1) is 10.0. The van der Waals surface area contributed by atoms with Crippen molar-refractivity contribution in [1.29, 1.82) is 0 Å². The maximum Gasteiger partial charge on any atom is 0.277 e. The third-order valence-corrected chi connectivity index (χ3v) is 3.39. The van der Waals surface area contributed by atoms with Crippen LogP contribution >= 0.6 is 11.6 Å². The van der Waals surface area contributed by atoms with Crippen molar-refractivity contribution in [1.82, 2.24) is 5.43 Å². The Morgan fingerprint density at radius 1 is 1.43 bits per heavy atom. The lowest BCUT2D eigenvalue weighted by molar-refractivity contribution is -0.123. The third-order valence-electron chi connectivity index (χ3n) is 3.16. The molecule has 0 aromatic heterocycles. The lowest BCUT2D eigenvalue weighted by Crippen LogP contribution is -2.27. The monoisotopic (exact) mass is 308 g/mol. The van der Waals surface area contributed by atoms with Crippen molar-refractivity contribution in [2.75, 3.05) is 6.61 Å². The van der Waals surface area contributed by atoms with Crippen LogP contribution in [0.1, 0.15) is 31.2 Å². The van der Waals surface area contributed by atoms with Gasteiger partial charge >= 0.3 is 0 Å². The molecule has 1 N–H and O–H groups in total. The summed E-state index contributed by atoms with van der Waals surface area (Å²) < 4.78 is 5.41. The van der Waals surface area contributed by atoms with Crippen LogP contribution in [0.2, 0.25) is 5.02 Å². The van der Waals surface area contributed by atoms with Gasteiger partial charge in [-0.1, -0.05) is 11.6 Å². The number of nitrogens with zero attached hydrogens (tertiary/aromatic N) is 1. The van der Waals surface area contributed by atoms with Gasteiger partial charge in [-0.3, -0.25) is 9.59 Å². The van der Waals surface area contributed by atoms with Crippen molar-refractivity contribution in [2.45, 2.75) is 32.6 Å². The smallest absolute Gasteiger partial charge is 0.277 e. The summed E-state index contributed by atoms with van der Waals surface area (Å²) in [6.07, 6.45) is 2.49. The average Bonchev–Trinajstić information content (AvgIpc) is 2.44. The first-order valence-corrected chi connectivity index (χ1v) is 7.17. The predicted molar refractivity (Wildman–Crippen MR) is 80.7 cm³/mol. The Kier molecular flexibility index (Phi) is 5.33. The summed E-state index contributed by atoms with van der Waals surface area (Å²) >= 11 is 5.85. The maximum absolute atomic E-state index is 11.7. The van der Waals surface area contributed by atoms with Crippen molar-refractivity contribution in [3.63, 3.8) is 0 Å². The van der Waals surface area contributed by atoms with E-state index in [1.165, 1.54) is 0 Å². The molecule has 1 aromatic rings. The van der Waals surface area contributed by atoms with Crippen LogP contribution in [-0.2, 0) is 9.59 Å². The van der Waals surface area contributed by atoms with E-state index in [1.54, 1.807) is 18.2 Å². The van der Waals surface area contributed by atoms with Gasteiger partial charge in [0.1, 0.15) is 11.5 Å². The molecule has 0 aliphatic heterocycles. The van der Waals surface area contributed by atoms with Crippen molar-refractivity contribution < 1.29 is 14.3 Å². The fraction of sp³-hybridized carbons (Fsp3) is 0.400. The minimum atomic E-state index is -0.352. The first kappa shape index (κ1) is 15.5. The largest absolute Gasteiger partial charge is 0.483 e. The molecular weight excluding hydrogens is 292 g/mol. The standard InChI is InChI=1S/C15H17ClN2O3/c1-10-7-11(16)5-6-14(10)21-9-15(20)18-17-12-3-2-4-13(19)8-12/h5-7H,2-4,8-9H2,1H3,(H,18,20)/b17-12+. The Morgan fingerprint density at radius 3 is 2.95 bits per heavy atom. The molecule has 6 heteroatoms. The number of Topliss-reactive ketones (excluding diaryl/α,β-unsaturated/α-hetero) is 1. The minimum absolute atomic E-state index is 0.132. The Morgan fingerprint density at radius 2 is 2.24 bits per heavy atom. The quantitative estimate of drug-likeness (QED) is 0.869. The van der Waals surface area contributed by atoms with E-state index in [0.717, 1.165) is 24.1 Å². The number of hydrogen-bond acceptors (Lipinski definition) is 4. The van der Waals surface area contributed by atoms with Gasteiger partial charge in [0.15, 0.2) is 6.61 Å². The summed E-state index contributed by atoms with van der Waals surface area (Å²) in [5.74, 6) is 0.423. The molecule has 1 aliphatic carbocycles. The summed E-state index contributed by atoms with van der Waals surface area (Å²) in [5.41, 5.74) is 4.00. The van der Waals surface area contributed by atoms with E-state index in [1.807, 2.05) is 6.92 Å². The number of rotatable bonds is 4. The average molecular weight is 309 g/mol. The van der Waals surface area contributed by atoms with Crippen molar-refractivity contribution in [2.24, 2.45) is 5.10 Å². The van der Waals surface area contributed by atoms with Crippen molar-refractivity contribution >= 4 is 29.0 Å². The summed E-state index contributed by atoms with van der Waals surface area (Å²) in [7, 11) is 0. The number of halogens is 1. The van der Waals surface area contributed by atoms with Crippen LogP contribution in [-0.4, -0.2) is 24.0 Å². The summed E-state index contributed by atoms with van der Waals surface area (Å²) in [6.45, 7) is 1.72. The zero-order chi connectivity index (χ0) is 15.2. The molecular formula is C15H17ClN2O3. The van der Waals surface area contributed by atoms with E-state index in [2.05, 4.69) is 10.5 Å². The Labute approximate surface area is 128 Å². The van der Waals surface area contributed by atoms with Gasteiger partial charge in [-0.2, -0.15) is 5.10 Å². The Balaban J connectivity index is 1.82. The Hall–Kier alpha value is -1.88. The highest BCUT2D eigenvalue weighted by Gasteiger charge is 2.14. The second-order valence-electron chi connectivity index (χ2n) is 4.98. The molecule has 1 aromatic carbocycles. The molecule has 0 radical (unpaired) electrons. The van der Waals surface area contributed by atoms with E-state index in [9.17, 15) is 9.59 Å². The van der Waals surface area contributed by atoms with Crippen LogP contribution in [0.5, 0.6) is 5.75 Å². The molecule has 0 heterocycles. The molecule has 0 atom stereocenters. The van der Waals surface area contributed by atoms with E-state index in [0.29, 0.717) is 23.6 Å². The van der Waals surface area contributed by atoms with Gasteiger partial charge in [0.05, 0.1) is 0 Å². The highest BCUT2D eigenvalue weighted by molar-refractivity contribution is 6.30. The van der Waals surface area contributed by atoms with Gasteiger partial charge in [0.25, 0.3) is 5.91 Å². The number of aryl methyl sites for hydroxylation is 1. The fourth-order valence-corrected chi connectivity index (χ4v) is 2.31. The number of ketones is 1. The molecule has 2 rings (SSSR count). The summed E-state index contributed by atoms with van der Waals surface area (Å²) in [6, 6.07) is 5.19. The number of carbonyl (C=O) groups excluding carboxylic acids is 2.